The molecule has 0 saturated heterocycles. The van der Waals surface area contributed by atoms with Gasteiger partial charge in [0.15, 0.2) is 0 Å². The van der Waals surface area contributed by atoms with Gasteiger partial charge in [0, 0.05) is 32.4 Å². The zero-order chi connectivity index (χ0) is 21.0. The summed E-state index contributed by atoms with van der Waals surface area (Å²) in [5, 5.41) is 7.52. The zero-order valence-corrected chi connectivity index (χ0v) is 17.8. The third-order valence-corrected chi connectivity index (χ3v) is 4.70. The first-order valence-electron chi connectivity index (χ1n) is 9.70. The highest BCUT2D eigenvalue weighted by Crippen LogP contribution is 2.18. The van der Waals surface area contributed by atoms with Crippen molar-refractivity contribution >= 4 is 17.4 Å². The number of likely N-dealkylation sites (N-methyl/N-ethyl adjacent to an activating group) is 1. The van der Waals surface area contributed by atoms with Gasteiger partial charge in [0.1, 0.15) is 5.82 Å². The molecule has 3 rings (SSSR count). The first-order chi connectivity index (χ1) is 13.8. The van der Waals surface area contributed by atoms with Gasteiger partial charge in [0.05, 0.1) is 17.9 Å². The maximum absolute atomic E-state index is 12.6. The van der Waals surface area contributed by atoms with Gasteiger partial charge in [0.25, 0.3) is 0 Å². The van der Waals surface area contributed by atoms with Gasteiger partial charge in [-0.15, -0.1) is 0 Å². The lowest BCUT2D eigenvalue weighted by Crippen LogP contribution is -2.30. The summed E-state index contributed by atoms with van der Waals surface area (Å²) < 4.78 is 1.77. The van der Waals surface area contributed by atoms with Crippen LogP contribution in [0.4, 0.5) is 11.5 Å². The van der Waals surface area contributed by atoms with Crippen molar-refractivity contribution in [3.05, 3.63) is 71.4 Å². The molecule has 0 spiro atoms. The Bertz CT molecular complexity index is 958. The predicted octanol–water partition coefficient (Wildman–Crippen LogP) is 3.63. The summed E-state index contributed by atoms with van der Waals surface area (Å²) >= 11 is 0. The van der Waals surface area contributed by atoms with Crippen molar-refractivity contribution in [3.63, 3.8) is 0 Å². The van der Waals surface area contributed by atoms with Crippen molar-refractivity contribution in [2.45, 2.75) is 20.4 Å². The predicted molar refractivity (Wildman–Crippen MR) is 119 cm³/mol. The van der Waals surface area contributed by atoms with Crippen molar-refractivity contribution in [1.82, 2.24) is 14.7 Å². The van der Waals surface area contributed by atoms with Crippen molar-refractivity contribution in [2.24, 2.45) is 0 Å². The fourth-order valence-corrected chi connectivity index (χ4v) is 3.17. The summed E-state index contributed by atoms with van der Waals surface area (Å²) in [6.07, 6.45) is 0. The number of hydrogen-bond acceptors (Lipinski definition) is 4. The summed E-state index contributed by atoms with van der Waals surface area (Å²) in [6, 6.07) is 18.3. The van der Waals surface area contributed by atoms with Crippen LogP contribution in [0.2, 0.25) is 0 Å². The monoisotopic (exact) mass is 391 g/mol. The molecule has 0 atom stereocenters. The smallest absolute Gasteiger partial charge is 0.239 e. The second-order valence-electron chi connectivity index (χ2n) is 7.70. The molecule has 2 aromatic carbocycles. The molecule has 6 nitrogen and oxygen atoms in total. The third-order valence-electron chi connectivity index (χ3n) is 4.70. The van der Waals surface area contributed by atoms with Crippen LogP contribution in [-0.4, -0.2) is 48.3 Å². The van der Waals surface area contributed by atoms with Crippen LogP contribution < -0.4 is 10.2 Å². The molecule has 6 heteroatoms. The SMILES string of the molecule is Cc1ccc(-n2nc(C)cc2NC(=O)CN(C)Cc2ccc(N(C)C)cc2)cc1. The van der Waals surface area contributed by atoms with Crippen LogP contribution >= 0.6 is 0 Å². The van der Waals surface area contributed by atoms with Crippen molar-refractivity contribution in [3.8, 4) is 5.69 Å². The molecular weight excluding hydrogens is 362 g/mol. The highest BCUT2D eigenvalue weighted by atomic mass is 16.2. The van der Waals surface area contributed by atoms with E-state index >= 15 is 0 Å². The Morgan fingerprint density at radius 1 is 1.00 bits per heavy atom. The lowest BCUT2D eigenvalue weighted by Gasteiger charge is -2.18. The minimum Gasteiger partial charge on any atom is -0.378 e. The number of anilines is 2. The Morgan fingerprint density at radius 3 is 2.28 bits per heavy atom. The van der Waals surface area contributed by atoms with Crippen LogP contribution in [0.25, 0.3) is 5.69 Å². The number of aryl methyl sites for hydroxylation is 2. The number of amides is 1. The molecule has 29 heavy (non-hydrogen) atoms. The summed E-state index contributed by atoms with van der Waals surface area (Å²) in [6.45, 7) is 4.97. The maximum atomic E-state index is 12.6. The molecule has 0 saturated carbocycles. The topological polar surface area (TPSA) is 53.4 Å². The summed E-state index contributed by atoms with van der Waals surface area (Å²) in [5.74, 6) is 0.616. The lowest BCUT2D eigenvalue weighted by molar-refractivity contribution is -0.117. The van der Waals surface area contributed by atoms with Gasteiger partial charge in [-0.3, -0.25) is 9.69 Å². The standard InChI is InChI=1S/C23H29N5O/c1-17-6-10-21(11-7-17)28-22(14-18(2)25-28)24-23(29)16-27(5)15-19-8-12-20(13-9-19)26(3)4/h6-14H,15-16H2,1-5H3,(H,24,29). The van der Waals surface area contributed by atoms with Gasteiger partial charge in [-0.2, -0.15) is 5.10 Å². The van der Waals surface area contributed by atoms with Crippen LogP contribution in [0.15, 0.2) is 54.6 Å². The average Bonchev–Trinajstić information content (AvgIpc) is 3.02. The molecule has 0 fully saturated rings. The fourth-order valence-electron chi connectivity index (χ4n) is 3.17. The van der Waals surface area contributed by atoms with E-state index in [9.17, 15) is 4.79 Å². The van der Waals surface area contributed by atoms with Gasteiger partial charge in [-0.05, 0) is 50.7 Å². The number of hydrogen-bond donors (Lipinski definition) is 1. The van der Waals surface area contributed by atoms with E-state index in [1.54, 1.807) is 4.68 Å². The van der Waals surface area contributed by atoms with Gasteiger partial charge >= 0.3 is 0 Å². The summed E-state index contributed by atoms with van der Waals surface area (Å²) in [7, 11) is 5.99. The van der Waals surface area contributed by atoms with E-state index in [2.05, 4.69) is 39.6 Å². The number of benzene rings is 2. The molecule has 0 unspecified atom stereocenters. The number of nitrogens with zero attached hydrogens (tertiary/aromatic N) is 4. The number of carbonyl (C=O) groups is 1. The molecule has 0 aliphatic carbocycles. The first-order valence-corrected chi connectivity index (χ1v) is 9.70. The van der Waals surface area contributed by atoms with E-state index in [0.717, 1.165) is 17.1 Å². The molecular formula is C23H29N5O. The highest BCUT2D eigenvalue weighted by Gasteiger charge is 2.13. The maximum Gasteiger partial charge on any atom is 0.239 e. The summed E-state index contributed by atoms with van der Waals surface area (Å²) in [4.78, 5) is 16.7. The van der Waals surface area contributed by atoms with Crippen LogP contribution in [0.3, 0.4) is 0 Å². The van der Waals surface area contributed by atoms with Gasteiger partial charge < -0.3 is 10.2 Å². The van der Waals surface area contributed by atoms with Crippen molar-refractivity contribution in [2.75, 3.05) is 37.9 Å². The molecule has 1 N–H and O–H groups in total. The Hall–Kier alpha value is -3.12. The zero-order valence-electron chi connectivity index (χ0n) is 17.8. The number of nitrogens with one attached hydrogen (secondary N) is 1. The fraction of sp³-hybridized carbons (Fsp3) is 0.304. The minimum absolute atomic E-state index is 0.0642. The first kappa shape index (κ1) is 20.6. The molecule has 0 aliphatic heterocycles. The third kappa shape index (κ3) is 5.45. The molecule has 0 aliphatic rings. The number of rotatable bonds is 7. The Balaban J connectivity index is 1.62. The van der Waals surface area contributed by atoms with E-state index in [4.69, 9.17) is 0 Å². The molecule has 0 bridgehead atoms. The van der Waals surface area contributed by atoms with E-state index in [1.807, 2.05) is 70.2 Å². The normalized spacial score (nSPS) is 11.0. The van der Waals surface area contributed by atoms with Gasteiger partial charge in [-0.25, -0.2) is 4.68 Å². The van der Waals surface area contributed by atoms with Crippen LogP contribution in [-0.2, 0) is 11.3 Å². The quantitative estimate of drug-likeness (QED) is 0.668. The molecule has 1 aromatic heterocycles. The van der Waals surface area contributed by atoms with E-state index in [1.165, 1.54) is 11.1 Å². The second-order valence-corrected chi connectivity index (χ2v) is 7.70. The van der Waals surface area contributed by atoms with Gasteiger partial charge in [0.2, 0.25) is 5.91 Å². The van der Waals surface area contributed by atoms with Crippen LogP contribution in [0.1, 0.15) is 16.8 Å². The number of aromatic nitrogens is 2. The van der Waals surface area contributed by atoms with Crippen LogP contribution in [0.5, 0.6) is 0 Å². The molecule has 3 aromatic rings. The van der Waals surface area contributed by atoms with E-state index in [0.29, 0.717) is 18.9 Å². The van der Waals surface area contributed by atoms with Crippen molar-refractivity contribution in [1.29, 1.82) is 0 Å². The van der Waals surface area contributed by atoms with Crippen LogP contribution in [0, 0.1) is 13.8 Å². The Morgan fingerprint density at radius 2 is 1.66 bits per heavy atom. The molecule has 0 radical (unpaired) electrons. The Kier molecular flexibility index (Phi) is 6.34. The van der Waals surface area contributed by atoms with Gasteiger partial charge in [-0.1, -0.05) is 29.8 Å². The number of carbonyl (C=O) groups excluding carboxylic acids is 1. The summed E-state index contributed by atoms with van der Waals surface area (Å²) in [5.41, 5.74) is 5.30. The lowest BCUT2D eigenvalue weighted by atomic mass is 10.2. The second kappa shape index (κ2) is 8.92. The molecule has 152 valence electrons. The molecule has 1 amide bonds. The minimum atomic E-state index is -0.0642. The average molecular weight is 392 g/mol. The van der Waals surface area contributed by atoms with Crippen molar-refractivity contribution < 1.29 is 4.79 Å². The van der Waals surface area contributed by atoms with E-state index < -0.39 is 0 Å². The molecule has 1 heterocycles. The highest BCUT2D eigenvalue weighted by molar-refractivity contribution is 5.91. The largest absolute Gasteiger partial charge is 0.378 e. The Labute approximate surface area is 172 Å². The van der Waals surface area contributed by atoms with E-state index in [-0.39, 0.29) is 5.91 Å².